The summed E-state index contributed by atoms with van der Waals surface area (Å²) in [6, 6.07) is 0.274. The van der Waals surface area contributed by atoms with E-state index in [1.54, 1.807) is 0 Å². The zero-order chi connectivity index (χ0) is 14.9. The van der Waals surface area contributed by atoms with Crippen molar-refractivity contribution in [3.8, 4) is 0 Å². The van der Waals surface area contributed by atoms with Crippen molar-refractivity contribution in [2.75, 3.05) is 25.0 Å². The van der Waals surface area contributed by atoms with Crippen LogP contribution in [0.4, 0.5) is 5.69 Å². The maximum absolute atomic E-state index is 12.0. The monoisotopic (exact) mass is 280 g/mol. The molecule has 2 heterocycles. The Labute approximate surface area is 119 Å². The Kier molecular flexibility index (Phi) is 4.15. The second-order valence-corrected chi connectivity index (χ2v) is 5.97. The molecule has 1 aromatic rings. The molecule has 6 nitrogen and oxygen atoms in total. The van der Waals surface area contributed by atoms with Crippen molar-refractivity contribution >= 4 is 11.6 Å². The summed E-state index contributed by atoms with van der Waals surface area (Å²) in [5.74, 6) is -0.132. The van der Waals surface area contributed by atoms with Gasteiger partial charge < -0.3 is 15.4 Å². The van der Waals surface area contributed by atoms with Crippen molar-refractivity contribution in [2.24, 2.45) is 0 Å². The fraction of sp³-hybridized carbons (Fsp3) is 0.714. The van der Waals surface area contributed by atoms with Crippen LogP contribution in [-0.4, -0.2) is 41.0 Å². The Morgan fingerprint density at radius 2 is 2.15 bits per heavy atom. The smallest absolute Gasteiger partial charge is 0.250 e. The van der Waals surface area contributed by atoms with Crippen LogP contribution in [0.25, 0.3) is 0 Å². The van der Waals surface area contributed by atoms with E-state index in [2.05, 4.69) is 29.6 Å². The van der Waals surface area contributed by atoms with Gasteiger partial charge in [-0.2, -0.15) is 5.10 Å². The Hall–Kier alpha value is -1.40. The van der Waals surface area contributed by atoms with Crippen LogP contribution in [0, 0.1) is 13.8 Å². The molecular weight excluding hydrogens is 256 g/mol. The van der Waals surface area contributed by atoms with Gasteiger partial charge in [0.1, 0.15) is 6.61 Å². The van der Waals surface area contributed by atoms with Crippen LogP contribution in [0.15, 0.2) is 0 Å². The summed E-state index contributed by atoms with van der Waals surface area (Å²) in [7, 11) is 0. The quantitative estimate of drug-likeness (QED) is 0.855. The molecule has 112 valence electrons. The Bertz CT molecular complexity index is 504. The van der Waals surface area contributed by atoms with Crippen LogP contribution in [0.1, 0.15) is 38.2 Å². The van der Waals surface area contributed by atoms with Crippen molar-refractivity contribution in [2.45, 2.75) is 46.3 Å². The number of aromatic nitrogens is 2. The molecule has 1 fully saturated rings. The number of nitrogens with one attached hydrogen (secondary N) is 2. The summed E-state index contributed by atoms with van der Waals surface area (Å²) >= 11 is 0. The molecule has 2 rings (SSSR count). The van der Waals surface area contributed by atoms with Gasteiger partial charge in [0, 0.05) is 19.1 Å². The van der Waals surface area contributed by atoms with Gasteiger partial charge in [0.05, 0.1) is 22.7 Å². The Morgan fingerprint density at radius 3 is 2.60 bits per heavy atom. The molecule has 6 heteroatoms. The predicted octanol–water partition coefficient (Wildman–Crippen LogP) is 1.40. The number of hydrogen-bond donors (Lipinski definition) is 2. The van der Waals surface area contributed by atoms with E-state index in [4.69, 9.17) is 4.74 Å². The first kappa shape index (κ1) is 15.0. The molecule has 1 saturated heterocycles. The summed E-state index contributed by atoms with van der Waals surface area (Å²) in [6.45, 7) is 11.7. The van der Waals surface area contributed by atoms with Crippen LogP contribution in [0.5, 0.6) is 0 Å². The van der Waals surface area contributed by atoms with E-state index in [9.17, 15) is 4.79 Å². The van der Waals surface area contributed by atoms with Gasteiger partial charge in [0.15, 0.2) is 0 Å². The third-order valence-corrected chi connectivity index (χ3v) is 3.63. The molecule has 1 aliphatic heterocycles. The highest BCUT2D eigenvalue weighted by atomic mass is 16.5. The van der Waals surface area contributed by atoms with Gasteiger partial charge in [-0.1, -0.05) is 0 Å². The first-order chi connectivity index (χ1) is 9.32. The Balaban J connectivity index is 1.97. The Morgan fingerprint density at radius 1 is 1.50 bits per heavy atom. The van der Waals surface area contributed by atoms with E-state index in [1.807, 2.05) is 25.5 Å². The van der Waals surface area contributed by atoms with E-state index >= 15 is 0 Å². The highest BCUT2D eigenvalue weighted by Gasteiger charge is 2.33. The molecule has 0 radical (unpaired) electrons. The van der Waals surface area contributed by atoms with E-state index < -0.39 is 0 Å². The molecule has 20 heavy (non-hydrogen) atoms. The normalized spacial score (nSPS) is 17.1. The van der Waals surface area contributed by atoms with Crippen LogP contribution < -0.4 is 10.6 Å². The third kappa shape index (κ3) is 3.02. The maximum Gasteiger partial charge on any atom is 0.250 e. The molecule has 0 unspecified atom stereocenters. The highest BCUT2D eigenvalue weighted by molar-refractivity contribution is 5.92. The summed E-state index contributed by atoms with van der Waals surface area (Å²) in [6.07, 6.45) is 0. The minimum absolute atomic E-state index is 0.0733. The van der Waals surface area contributed by atoms with Gasteiger partial charge in [-0.15, -0.1) is 0 Å². The lowest BCUT2D eigenvalue weighted by Gasteiger charge is -2.38. The molecule has 1 aliphatic rings. The van der Waals surface area contributed by atoms with E-state index in [0.29, 0.717) is 0 Å². The van der Waals surface area contributed by atoms with Crippen LogP contribution >= 0.6 is 0 Å². The van der Waals surface area contributed by atoms with Crippen molar-refractivity contribution in [1.82, 2.24) is 15.1 Å². The van der Waals surface area contributed by atoms with Gasteiger partial charge >= 0.3 is 0 Å². The number of nitrogens with zero attached hydrogens (tertiary/aromatic N) is 2. The number of amides is 1. The van der Waals surface area contributed by atoms with Crippen molar-refractivity contribution in [3.63, 3.8) is 0 Å². The molecule has 1 aromatic heterocycles. The molecule has 2 N–H and O–H groups in total. The van der Waals surface area contributed by atoms with Crippen molar-refractivity contribution in [3.05, 3.63) is 11.4 Å². The lowest BCUT2D eigenvalue weighted by Crippen LogP contribution is -2.59. The second-order valence-electron chi connectivity index (χ2n) is 5.97. The van der Waals surface area contributed by atoms with Gasteiger partial charge in [-0.05, 0) is 34.6 Å². The number of rotatable bonds is 5. The summed E-state index contributed by atoms with van der Waals surface area (Å²) < 4.78 is 7.55. The van der Waals surface area contributed by atoms with Gasteiger partial charge in [0.2, 0.25) is 5.91 Å². The van der Waals surface area contributed by atoms with Crippen LogP contribution in [-0.2, 0) is 9.53 Å². The van der Waals surface area contributed by atoms with Crippen molar-refractivity contribution < 1.29 is 9.53 Å². The van der Waals surface area contributed by atoms with Gasteiger partial charge in [-0.3, -0.25) is 9.48 Å². The molecule has 0 saturated carbocycles. The minimum atomic E-state index is -0.205. The van der Waals surface area contributed by atoms with Gasteiger partial charge in [0.25, 0.3) is 0 Å². The average Bonchev–Trinajstić information content (AvgIpc) is 2.62. The molecule has 0 atom stereocenters. The second kappa shape index (κ2) is 5.54. The van der Waals surface area contributed by atoms with Crippen LogP contribution in [0.2, 0.25) is 0 Å². The predicted molar refractivity (Wildman–Crippen MR) is 77.9 cm³/mol. The molecule has 0 aliphatic carbocycles. The maximum atomic E-state index is 12.0. The largest absolute Gasteiger partial charge is 0.363 e. The fourth-order valence-corrected chi connectivity index (χ4v) is 2.34. The molecule has 0 bridgehead atoms. The number of aryl methyl sites for hydroxylation is 1. The topological polar surface area (TPSA) is 68.2 Å². The number of carbonyl (C=O) groups excluding carboxylic acids is 1. The summed E-state index contributed by atoms with van der Waals surface area (Å²) in [5, 5.41) is 10.5. The van der Waals surface area contributed by atoms with E-state index in [1.165, 1.54) is 0 Å². The zero-order valence-electron chi connectivity index (χ0n) is 12.9. The fourth-order valence-electron chi connectivity index (χ4n) is 2.34. The van der Waals surface area contributed by atoms with E-state index in [-0.39, 0.29) is 24.2 Å². The third-order valence-electron chi connectivity index (χ3n) is 3.63. The summed E-state index contributed by atoms with van der Waals surface area (Å²) in [4.78, 5) is 12.0. The SMILES string of the molecule is Cc1nn(C(C)C)c(C)c1NC(=O)COC1(C)CNC1. The molecular formula is C14H24N4O2. The standard InChI is InChI=1S/C14H24N4O2/c1-9(2)18-11(4)13(10(3)17-18)16-12(19)6-20-14(5)7-15-8-14/h9,15H,6-8H2,1-5H3,(H,16,19). The first-order valence-electron chi connectivity index (χ1n) is 7.02. The van der Waals surface area contributed by atoms with Crippen LogP contribution in [0.3, 0.4) is 0 Å². The number of carbonyl (C=O) groups is 1. The first-order valence-corrected chi connectivity index (χ1v) is 7.02. The highest BCUT2D eigenvalue weighted by Crippen LogP contribution is 2.22. The average molecular weight is 280 g/mol. The number of ether oxygens (including phenoxy) is 1. The van der Waals surface area contributed by atoms with Crippen molar-refractivity contribution in [1.29, 1.82) is 0 Å². The molecule has 1 amide bonds. The minimum Gasteiger partial charge on any atom is -0.363 e. The lowest BCUT2D eigenvalue weighted by atomic mass is 10.0. The molecule has 0 aromatic carbocycles. The van der Waals surface area contributed by atoms with E-state index in [0.717, 1.165) is 30.2 Å². The van der Waals surface area contributed by atoms with Gasteiger partial charge in [-0.25, -0.2) is 0 Å². The molecule has 0 spiro atoms. The summed E-state index contributed by atoms with van der Waals surface area (Å²) in [5.41, 5.74) is 2.40. The lowest BCUT2D eigenvalue weighted by molar-refractivity contribution is -0.130. The number of anilines is 1. The zero-order valence-corrected chi connectivity index (χ0v) is 12.9. The number of hydrogen-bond acceptors (Lipinski definition) is 4.